The molecule has 0 atom stereocenters. The number of aromatic nitrogens is 3. The Labute approximate surface area is 112 Å². The SMILES string of the molecule is Cc1nc(CN(C)C(=O)CC(C)(C)CC(=O)O)n[nH]1. The molecular formula is C12H20N4O3. The molecule has 0 aliphatic carbocycles. The molecule has 19 heavy (non-hydrogen) atoms. The fourth-order valence-corrected chi connectivity index (χ4v) is 1.78. The zero-order valence-electron chi connectivity index (χ0n) is 11.7. The molecule has 1 heterocycles. The minimum Gasteiger partial charge on any atom is -0.481 e. The maximum atomic E-state index is 12.0. The number of H-pyrrole nitrogens is 1. The van der Waals surface area contributed by atoms with Crippen LogP contribution in [0.4, 0.5) is 0 Å². The number of carboxylic acid groups (broad SMARTS) is 1. The summed E-state index contributed by atoms with van der Waals surface area (Å²) in [5.41, 5.74) is -0.563. The number of aliphatic carboxylic acids is 1. The summed E-state index contributed by atoms with van der Waals surface area (Å²) in [4.78, 5) is 28.4. The molecule has 0 spiro atoms. The van der Waals surface area contributed by atoms with Gasteiger partial charge in [0.2, 0.25) is 5.91 Å². The first-order valence-corrected chi connectivity index (χ1v) is 6.03. The molecule has 1 rings (SSSR count). The van der Waals surface area contributed by atoms with Crippen molar-refractivity contribution in [3.8, 4) is 0 Å². The lowest BCUT2D eigenvalue weighted by molar-refractivity contribution is -0.140. The van der Waals surface area contributed by atoms with E-state index in [9.17, 15) is 9.59 Å². The number of carboxylic acids is 1. The standard InChI is InChI=1S/C12H20N4O3/c1-8-13-9(15-14-8)7-16(4)10(17)5-12(2,3)6-11(18)19/h5-7H2,1-4H3,(H,18,19)(H,13,14,15). The van der Waals surface area contributed by atoms with Crippen LogP contribution in [0.5, 0.6) is 0 Å². The monoisotopic (exact) mass is 268 g/mol. The van der Waals surface area contributed by atoms with E-state index in [-0.39, 0.29) is 18.7 Å². The van der Waals surface area contributed by atoms with Gasteiger partial charge in [0, 0.05) is 13.5 Å². The molecule has 1 amide bonds. The minimum absolute atomic E-state index is 0.0354. The Hall–Kier alpha value is -1.92. The van der Waals surface area contributed by atoms with Crippen LogP contribution < -0.4 is 0 Å². The van der Waals surface area contributed by atoms with E-state index in [1.165, 1.54) is 4.90 Å². The summed E-state index contributed by atoms with van der Waals surface area (Å²) in [6, 6.07) is 0. The van der Waals surface area contributed by atoms with Crippen molar-refractivity contribution in [2.75, 3.05) is 7.05 Å². The van der Waals surface area contributed by atoms with Crippen molar-refractivity contribution in [3.05, 3.63) is 11.6 Å². The Morgan fingerprint density at radius 1 is 1.37 bits per heavy atom. The zero-order chi connectivity index (χ0) is 14.6. The Morgan fingerprint density at radius 3 is 2.47 bits per heavy atom. The van der Waals surface area contributed by atoms with E-state index >= 15 is 0 Å². The van der Waals surface area contributed by atoms with Crippen LogP contribution in [0.25, 0.3) is 0 Å². The molecule has 7 nitrogen and oxygen atoms in total. The molecule has 106 valence electrons. The molecule has 0 bridgehead atoms. The molecule has 0 saturated heterocycles. The largest absolute Gasteiger partial charge is 0.481 e. The molecule has 1 aromatic heterocycles. The van der Waals surface area contributed by atoms with E-state index in [0.29, 0.717) is 18.2 Å². The number of nitrogens with one attached hydrogen (secondary N) is 1. The van der Waals surface area contributed by atoms with Crippen LogP contribution in [0, 0.1) is 12.3 Å². The van der Waals surface area contributed by atoms with Gasteiger partial charge in [-0.3, -0.25) is 14.7 Å². The average molecular weight is 268 g/mol. The summed E-state index contributed by atoms with van der Waals surface area (Å²) in [5.74, 6) is 0.227. The first-order valence-electron chi connectivity index (χ1n) is 6.03. The van der Waals surface area contributed by atoms with E-state index in [1.807, 2.05) is 0 Å². The van der Waals surface area contributed by atoms with Crippen LogP contribution in [-0.2, 0) is 16.1 Å². The number of amides is 1. The van der Waals surface area contributed by atoms with Crippen molar-refractivity contribution in [2.24, 2.45) is 5.41 Å². The highest BCUT2D eigenvalue weighted by molar-refractivity contribution is 5.77. The number of carbonyl (C=O) groups is 2. The van der Waals surface area contributed by atoms with Crippen molar-refractivity contribution in [1.82, 2.24) is 20.1 Å². The lowest BCUT2D eigenvalue weighted by Gasteiger charge is -2.24. The summed E-state index contributed by atoms with van der Waals surface area (Å²) in [5, 5.41) is 15.5. The molecule has 0 aliphatic rings. The van der Waals surface area contributed by atoms with Crippen LogP contribution in [0.1, 0.15) is 38.3 Å². The van der Waals surface area contributed by atoms with Crippen molar-refractivity contribution < 1.29 is 14.7 Å². The normalized spacial score (nSPS) is 11.4. The van der Waals surface area contributed by atoms with Gasteiger partial charge in [0.1, 0.15) is 5.82 Å². The lowest BCUT2D eigenvalue weighted by atomic mass is 9.85. The van der Waals surface area contributed by atoms with E-state index in [1.54, 1.807) is 27.8 Å². The van der Waals surface area contributed by atoms with Crippen molar-refractivity contribution in [2.45, 2.75) is 40.2 Å². The lowest BCUT2D eigenvalue weighted by Crippen LogP contribution is -2.32. The molecule has 2 N–H and O–H groups in total. The van der Waals surface area contributed by atoms with Gasteiger partial charge >= 0.3 is 5.97 Å². The van der Waals surface area contributed by atoms with Crippen LogP contribution in [0.2, 0.25) is 0 Å². The highest BCUT2D eigenvalue weighted by Crippen LogP contribution is 2.25. The van der Waals surface area contributed by atoms with E-state index in [2.05, 4.69) is 15.2 Å². The Morgan fingerprint density at radius 2 is 2.00 bits per heavy atom. The van der Waals surface area contributed by atoms with Gasteiger partial charge < -0.3 is 10.0 Å². The number of hydrogen-bond donors (Lipinski definition) is 2. The van der Waals surface area contributed by atoms with Crippen molar-refractivity contribution in [3.63, 3.8) is 0 Å². The molecule has 0 unspecified atom stereocenters. The zero-order valence-corrected chi connectivity index (χ0v) is 11.7. The van der Waals surface area contributed by atoms with Crippen LogP contribution in [-0.4, -0.2) is 44.1 Å². The number of aromatic amines is 1. The summed E-state index contributed by atoms with van der Waals surface area (Å²) in [6.45, 7) is 5.63. The van der Waals surface area contributed by atoms with Gasteiger partial charge in [0.05, 0.1) is 13.0 Å². The van der Waals surface area contributed by atoms with E-state index < -0.39 is 11.4 Å². The number of rotatable bonds is 6. The summed E-state index contributed by atoms with van der Waals surface area (Å²) in [7, 11) is 1.66. The third kappa shape index (κ3) is 5.07. The molecule has 0 aromatic carbocycles. The maximum absolute atomic E-state index is 12.0. The van der Waals surface area contributed by atoms with Gasteiger partial charge in [-0.25, -0.2) is 4.98 Å². The molecule has 1 aromatic rings. The fraction of sp³-hybridized carbons (Fsp3) is 0.667. The number of hydrogen-bond acceptors (Lipinski definition) is 4. The van der Waals surface area contributed by atoms with Gasteiger partial charge in [-0.2, -0.15) is 5.10 Å². The minimum atomic E-state index is -0.898. The van der Waals surface area contributed by atoms with Crippen LogP contribution in [0.3, 0.4) is 0 Å². The summed E-state index contributed by atoms with van der Waals surface area (Å²) < 4.78 is 0. The van der Waals surface area contributed by atoms with Gasteiger partial charge in [0.25, 0.3) is 0 Å². The fourth-order valence-electron chi connectivity index (χ4n) is 1.78. The third-order valence-electron chi connectivity index (χ3n) is 2.71. The second-order valence-corrected chi connectivity index (χ2v) is 5.50. The quantitative estimate of drug-likeness (QED) is 0.800. The topological polar surface area (TPSA) is 99.2 Å². The predicted octanol–water partition coefficient (Wildman–Crippen LogP) is 0.963. The first kappa shape index (κ1) is 15.1. The Bertz CT molecular complexity index is 467. The maximum Gasteiger partial charge on any atom is 0.303 e. The predicted molar refractivity (Wildman–Crippen MR) is 68.2 cm³/mol. The summed E-state index contributed by atoms with van der Waals surface area (Å²) in [6.07, 6.45) is 0.144. The molecule has 0 radical (unpaired) electrons. The smallest absolute Gasteiger partial charge is 0.303 e. The van der Waals surface area contributed by atoms with E-state index in [0.717, 1.165) is 0 Å². The Kier molecular flexibility index (Phi) is 4.63. The average Bonchev–Trinajstić information content (AvgIpc) is 2.60. The van der Waals surface area contributed by atoms with Crippen LogP contribution in [0.15, 0.2) is 0 Å². The van der Waals surface area contributed by atoms with Gasteiger partial charge in [-0.1, -0.05) is 13.8 Å². The molecule has 7 heteroatoms. The molecular weight excluding hydrogens is 248 g/mol. The third-order valence-corrected chi connectivity index (χ3v) is 2.71. The first-order chi connectivity index (χ1) is 8.69. The highest BCUT2D eigenvalue weighted by Gasteiger charge is 2.27. The van der Waals surface area contributed by atoms with Crippen LogP contribution >= 0.6 is 0 Å². The van der Waals surface area contributed by atoms with Crippen molar-refractivity contribution in [1.29, 1.82) is 0 Å². The second kappa shape index (κ2) is 5.81. The van der Waals surface area contributed by atoms with Gasteiger partial charge in [-0.05, 0) is 12.3 Å². The molecule has 0 fully saturated rings. The second-order valence-electron chi connectivity index (χ2n) is 5.50. The molecule has 0 aliphatic heterocycles. The van der Waals surface area contributed by atoms with Gasteiger partial charge in [0.15, 0.2) is 5.82 Å². The number of carbonyl (C=O) groups excluding carboxylic acids is 1. The van der Waals surface area contributed by atoms with Crippen molar-refractivity contribution >= 4 is 11.9 Å². The Balaban J connectivity index is 2.55. The number of aryl methyl sites for hydroxylation is 1. The van der Waals surface area contributed by atoms with E-state index in [4.69, 9.17) is 5.11 Å². The molecule has 0 saturated carbocycles. The highest BCUT2D eigenvalue weighted by atomic mass is 16.4. The summed E-state index contributed by atoms with van der Waals surface area (Å²) >= 11 is 0. The number of nitrogens with zero attached hydrogens (tertiary/aromatic N) is 3. The van der Waals surface area contributed by atoms with Gasteiger partial charge in [-0.15, -0.1) is 0 Å².